The Balaban J connectivity index is 1.33. The van der Waals surface area contributed by atoms with Gasteiger partial charge < -0.3 is 20.3 Å². The molecule has 230 valence electrons. The molecule has 1 aliphatic carbocycles. The number of carbonyl (C=O) groups excluding carboxylic acids is 1. The molecule has 2 atom stereocenters. The molecule has 8 nitrogen and oxygen atoms in total. The van der Waals surface area contributed by atoms with E-state index in [1.165, 1.54) is 7.11 Å². The number of halogens is 6. The van der Waals surface area contributed by atoms with Gasteiger partial charge in [0.1, 0.15) is 11.7 Å². The van der Waals surface area contributed by atoms with Crippen LogP contribution in [-0.4, -0.2) is 59.2 Å². The van der Waals surface area contributed by atoms with Crippen molar-refractivity contribution in [3.8, 4) is 0 Å². The smallest absolute Gasteiger partial charge is 0.249 e. The maximum atomic E-state index is 13.9. The van der Waals surface area contributed by atoms with Gasteiger partial charge in [0.05, 0.1) is 11.8 Å². The molecular formula is C29H30F6N6O2. The van der Waals surface area contributed by atoms with Crippen molar-refractivity contribution >= 4 is 23.4 Å². The number of hydrogen-bond acceptors (Lipinski definition) is 7. The summed E-state index contributed by atoms with van der Waals surface area (Å²) in [5.41, 5.74) is 1.28. The van der Waals surface area contributed by atoms with E-state index >= 15 is 0 Å². The monoisotopic (exact) mass is 608 g/mol. The standard InChI is InChI=1S/C29H30F6N6O2/c1-13-25-27(40(3)26(14(2)43-4)28(42)38-25)39-29(36-13)37-17-9-18(10-17)41(11-15-5-19(30)23(34)20(31)6-15)12-16-7-21(32)24(35)22(33)8-16/h5-8,14,17-18,26H,9-12H2,1-4H3,(H,38,42)(H,36,37,39)/t14-,17?,18?,26+/m1/s1. The highest BCUT2D eigenvalue weighted by Gasteiger charge is 2.38. The van der Waals surface area contributed by atoms with Gasteiger partial charge in [0, 0.05) is 39.3 Å². The van der Waals surface area contributed by atoms with Crippen LogP contribution in [0.1, 0.15) is 36.6 Å². The Bertz CT molecular complexity index is 1450. The van der Waals surface area contributed by atoms with E-state index in [-0.39, 0.29) is 42.2 Å². The minimum atomic E-state index is -1.60. The van der Waals surface area contributed by atoms with Gasteiger partial charge in [-0.15, -0.1) is 0 Å². The highest BCUT2D eigenvalue weighted by molar-refractivity contribution is 6.03. The lowest BCUT2D eigenvalue weighted by atomic mass is 9.85. The Morgan fingerprint density at radius 1 is 0.977 bits per heavy atom. The first-order chi connectivity index (χ1) is 20.4. The summed E-state index contributed by atoms with van der Waals surface area (Å²) in [7, 11) is 3.26. The maximum Gasteiger partial charge on any atom is 0.249 e. The molecule has 0 bridgehead atoms. The van der Waals surface area contributed by atoms with Crippen molar-refractivity contribution in [2.24, 2.45) is 0 Å². The lowest BCUT2D eigenvalue weighted by Crippen LogP contribution is -2.53. The van der Waals surface area contributed by atoms with Crippen molar-refractivity contribution in [3.05, 3.63) is 76.0 Å². The number of rotatable bonds is 9. The van der Waals surface area contributed by atoms with Gasteiger partial charge in [-0.3, -0.25) is 9.69 Å². The molecule has 0 unspecified atom stereocenters. The van der Waals surface area contributed by atoms with Gasteiger partial charge in [-0.25, -0.2) is 31.3 Å². The summed E-state index contributed by atoms with van der Waals surface area (Å²) in [6, 6.07) is 2.49. The average Bonchev–Trinajstić information content (AvgIpc) is 2.92. The summed E-state index contributed by atoms with van der Waals surface area (Å²) in [4.78, 5) is 25.2. The van der Waals surface area contributed by atoms with Crippen LogP contribution in [0.2, 0.25) is 0 Å². The summed E-state index contributed by atoms with van der Waals surface area (Å²) in [6.07, 6.45) is 0.579. The molecule has 2 aromatic carbocycles. The van der Waals surface area contributed by atoms with Gasteiger partial charge in [-0.05, 0) is 62.1 Å². The van der Waals surface area contributed by atoms with Crippen molar-refractivity contribution in [2.75, 3.05) is 29.7 Å². The maximum absolute atomic E-state index is 13.9. The van der Waals surface area contributed by atoms with Crippen molar-refractivity contribution in [1.29, 1.82) is 0 Å². The molecule has 1 aromatic heterocycles. The van der Waals surface area contributed by atoms with Crippen molar-refractivity contribution in [1.82, 2.24) is 14.9 Å². The zero-order chi connectivity index (χ0) is 31.2. The molecule has 2 N–H and O–H groups in total. The molecule has 0 spiro atoms. The molecular weight excluding hydrogens is 578 g/mol. The quantitative estimate of drug-likeness (QED) is 0.260. The van der Waals surface area contributed by atoms with E-state index in [1.807, 2.05) is 0 Å². The predicted octanol–water partition coefficient (Wildman–Crippen LogP) is 5.06. The molecule has 0 saturated heterocycles. The minimum Gasteiger partial charge on any atom is -0.379 e. The van der Waals surface area contributed by atoms with E-state index in [4.69, 9.17) is 4.74 Å². The molecule has 14 heteroatoms. The van der Waals surface area contributed by atoms with Crippen LogP contribution >= 0.6 is 0 Å². The average molecular weight is 609 g/mol. The van der Waals surface area contributed by atoms with Crippen LogP contribution in [0.5, 0.6) is 0 Å². The summed E-state index contributed by atoms with van der Waals surface area (Å²) < 4.78 is 88.2. The number of carbonyl (C=O) groups is 1. The first-order valence-electron chi connectivity index (χ1n) is 13.6. The van der Waals surface area contributed by atoms with Crippen molar-refractivity contribution < 1.29 is 35.9 Å². The number of anilines is 3. The molecule has 43 heavy (non-hydrogen) atoms. The Labute approximate surface area is 244 Å². The summed E-state index contributed by atoms with van der Waals surface area (Å²) in [6.45, 7) is 3.39. The van der Waals surface area contributed by atoms with Crippen LogP contribution in [0.4, 0.5) is 43.8 Å². The third-order valence-corrected chi connectivity index (χ3v) is 7.98. The van der Waals surface area contributed by atoms with Gasteiger partial charge >= 0.3 is 0 Å². The largest absolute Gasteiger partial charge is 0.379 e. The van der Waals surface area contributed by atoms with Crippen LogP contribution in [0.15, 0.2) is 24.3 Å². The van der Waals surface area contributed by atoms with Gasteiger partial charge in [-0.2, -0.15) is 4.98 Å². The summed E-state index contributed by atoms with van der Waals surface area (Å²) in [5, 5.41) is 6.11. The van der Waals surface area contributed by atoms with E-state index in [1.54, 1.807) is 30.7 Å². The Kier molecular flexibility index (Phi) is 8.52. The lowest BCUT2D eigenvalue weighted by molar-refractivity contribution is -0.120. The second-order valence-corrected chi connectivity index (χ2v) is 10.9. The zero-order valence-electron chi connectivity index (χ0n) is 23.8. The normalized spacial score (nSPS) is 20.5. The number of fused-ring (bicyclic) bond motifs is 1. The topological polar surface area (TPSA) is 82.6 Å². The number of methoxy groups -OCH3 is 1. The highest BCUT2D eigenvalue weighted by Crippen LogP contribution is 2.36. The Morgan fingerprint density at radius 3 is 1.98 bits per heavy atom. The number of hydrogen-bond donors (Lipinski definition) is 2. The predicted molar refractivity (Wildman–Crippen MR) is 146 cm³/mol. The second kappa shape index (κ2) is 12.0. The molecule has 1 fully saturated rings. The third-order valence-electron chi connectivity index (χ3n) is 7.98. The minimum absolute atomic E-state index is 0.0653. The van der Waals surface area contributed by atoms with Gasteiger partial charge in [0.25, 0.3) is 0 Å². The van der Waals surface area contributed by atoms with Gasteiger partial charge in [0.2, 0.25) is 11.9 Å². The van der Waals surface area contributed by atoms with Crippen molar-refractivity contribution in [2.45, 2.75) is 64.0 Å². The molecule has 1 saturated carbocycles. The summed E-state index contributed by atoms with van der Waals surface area (Å²) >= 11 is 0. The molecule has 1 aliphatic heterocycles. The molecule has 2 aliphatic rings. The third kappa shape index (κ3) is 6.11. The Hall–Kier alpha value is -3.91. The molecule has 3 aromatic rings. The van der Waals surface area contributed by atoms with Crippen LogP contribution in [0.3, 0.4) is 0 Å². The summed E-state index contributed by atoms with van der Waals surface area (Å²) in [5.74, 6) is -8.02. The van der Waals surface area contributed by atoms with Crippen molar-refractivity contribution in [3.63, 3.8) is 0 Å². The fourth-order valence-electron chi connectivity index (χ4n) is 5.55. The highest BCUT2D eigenvalue weighted by atomic mass is 19.2. The number of aryl methyl sites for hydroxylation is 1. The fourth-order valence-corrected chi connectivity index (χ4v) is 5.55. The van der Waals surface area contributed by atoms with Gasteiger partial charge in [0.15, 0.2) is 40.7 Å². The van der Waals surface area contributed by atoms with E-state index in [2.05, 4.69) is 20.6 Å². The SMILES string of the molecule is CO[C@H](C)[C@H]1C(=O)Nc2c(C)nc(NC3CC(N(Cc4cc(F)c(F)c(F)c4)Cc4cc(F)c(F)c(F)c4)C3)nc2N1C. The van der Waals surface area contributed by atoms with Crippen LogP contribution in [-0.2, 0) is 22.6 Å². The zero-order valence-corrected chi connectivity index (χ0v) is 23.8. The number of likely N-dealkylation sites (N-methyl/N-ethyl adjacent to an activating group) is 1. The first kappa shape index (κ1) is 30.5. The van der Waals surface area contributed by atoms with Gasteiger partial charge in [-0.1, -0.05) is 0 Å². The lowest BCUT2D eigenvalue weighted by Gasteiger charge is -2.43. The second-order valence-electron chi connectivity index (χ2n) is 10.9. The Morgan fingerprint density at radius 2 is 1.49 bits per heavy atom. The van der Waals surface area contributed by atoms with Crippen LogP contribution in [0.25, 0.3) is 0 Å². The number of ether oxygens (including phenoxy) is 1. The molecule has 5 rings (SSSR count). The van der Waals surface area contributed by atoms with E-state index in [0.717, 1.165) is 24.3 Å². The van der Waals surface area contributed by atoms with E-state index in [9.17, 15) is 31.1 Å². The number of benzene rings is 2. The first-order valence-corrected chi connectivity index (χ1v) is 13.6. The molecule has 2 heterocycles. The molecule has 1 amide bonds. The van der Waals surface area contributed by atoms with Crippen LogP contribution in [0, 0.1) is 41.8 Å². The number of nitrogens with one attached hydrogen (secondary N) is 2. The van der Waals surface area contributed by atoms with Crippen LogP contribution < -0.4 is 15.5 Å². The number of amides is 1. The molecule has 0 radical (unpaired) electrons. The number of aromatic nitrogens is 2. The number of nitrogens with zero attached hydrogens (tertiary/aromatic N) is 4. The van der Waals surface area contributed by atoms with E-state index in [0.29, 0.717) is 36.0 Å². The fraction of sp³-hybridized carbons (Fsp3) is 0.414. The van der Waals surface area contributed by atoms with E-state index < -0.39 is 47.0 Å².